The Labute approximate surface area is 119 Å². The fourth-order valence-corrected chi connectivity index (χ4v) is 2.27. The van der Waals surface area contributed by atoms with Crippen LogP contribution < -0.4 is 0 Å². The maximum atomic E-state index is 6.95. The SMILES string of the molecule is C=Cc1cc(C/C=C\C=N)ccc1S/C=C\C=C/C. The van der Waals surface area contributed by atoms with E-state index in [0.29, 0.717) is 0 Å². The first kappa shape index (κ1) is 15.3. The summed E-state index contributed by atoms with van der Waals surface area (Å²) in [5.74, 6) is 0. The van der Waals surface area contributed by atoms with Crippen LogP contribution in [0.1, 0.15) is 18.1 Å². The molecule has 0 unspecified atom stereocenters. The van der Waals surface area contributed by atoms with E-state index in [4.69, 9.17) is 5.41 Å². The molecule has 0 aromatic heterocycles. The van der Waals surface area contributed by atoms with E-state index in [9.17, 15) is 0 Å². The summed E-state index contributed by atoms with van der Waals surface area (Å²) in [6, 6.07) is 6.38. The molecule has 0 heterocycles. The summed E-state index contributed by atoms with van der Waals surface area (Å²) in [5.41, 5.74) is 2.38. The second-order valence-corrected chi connectivity index (χ2v) is 4.80. The Hall–Kier alpha value is -1.80. The number of nitrogens with one attached hydrogen (secondary N) is 1. The third kappa shape index (κ3) is 5.58. The van der Waals surface area contributed by atoms with Gasteiger partial charge in [-0.2, -0.15) is 0 Å². The average molecular weight is 269 g/mol. The lowest BCUT2D eigenvalue weighted by Gasteiger charge is -2.05. The standard InChI is InChI=1S/C17H19NS/c1-3-5-8-13-19-17-11-10-15(9-6-7-12-18)14-16(17)4-2/h3-8,10-14,18H,2,9H2,1H3/b5-3-,7-6-,13-8-,18-12?. The lowest BCUT2D eigenvalue weighted by Crippen LogP contribution is -1.85. The monoisotopic (exact) mass is 269 g/mol. The van der Waals surface area contributed by atoms with Crippen LogP contribution in [-0.4, -0.2) is 6.21 Å². The van der Waals surface area contributed by atoms with Crippen LogP contribution in [0, 0.1) is 5.41 Å². The van der Waals surface area contributed by atoms with Gasteiger partial charge >= 0.3 is 0 Å². The molecule has 0 fully saturated rings. The summed E-state index contributed by atoms with van der Waals surface area (Å²) >= 11 is 1.69. The molecule has 1 aromatic rings. The largest absolute Gasteiger partial charge is 0.309 e. The van der Waals surface area contributed by atoms with Gasteiger partial charge in [0.15, 0.2) is 0 Å². The molecule has 19 heavy (non-hydrogen) atoms. The first-order valence-corrected chi connectivity index (χ1v) is 7.05. The highest BCUT2D eigenvalue weighted by Crippen LogP contribution is 2.26. The van der Waals surface area contributed by atoms with Crippen molar-refractivity contribution in [2.45, 2.75) is 18.2 Å². The van der Waals surface area contributed by atoms with Crippen LogP contribution >= 0.6 is 11.8 Å². The van der Waals surface area contributed by atoms with Crippen molar-refractivity contribution in [2.75, 3.05) is 0 Å². The van der Waals surface area contributed by atoms with Gasteiger partial charge in [-0.3, -0.25) is 0 Å². The van der Waals surface area contributed by atoms with E-state index in [1.165, 1.54) is 16.7 Å². The lowest BCUT2D eigenvalue weighted by atomic mass is 10.1. The number of hydrogen-bond donors (Lipinski definition) is 1. The molecule has 0 bridgehead atoms. The van der Waals surface area contributed by atoms with Gasteiger partial charge in [0.05, 0.1) is 0 Å². The minimum Gasteiger partial charge on any atom is -0.309 e. The smallest absolute Gasteiger partial charge is 0.0188 e. The summed E-state index contributed by atoms with van der Waals surface area (Å²) in [6.07, 6.45) is 13.8. The number of thioether (sulfide) groups is 1. The Kier molecular flexibility index (Phi) is 7.37. The Morgan fingerprint density at radius 2 is 2.11 bits per heavy atom. The Bertz CT molecular complexity index is 510. The Balaban J connectivity index is 2.80. The topological polar surface area (TPSA) is 23.9 Å². The molecule has 0 aliphatic carbocycles. The van der Waals surface area contributed by atoms with Gasteiger partial charge in [-0.1, -0.05) is 60.9 Å². The molecule has 1 N–H and O–H groups in total. The first-order chi connectivity index (χ1) is 9.31. The minimum absolute atomic E-state index is 0.843. The van der Waals surface area contributed by atoms with E-state index in [1.807, 2.05) is 37.3 Å². The van der Waals surface area contributed by atoms with Crippen LogP contribution in [0.25, 0.3) is 6.08 Å². The van der Waals surface area contributed by atoms with Crippen LogP contribution in [0.5, 0.6) is 0 Å². The molecule has 1 nitrogen and oxygen atoms in total. The Morgan fingerprint density at radius 3 is 2.79 bits per heavy atom. The molecule has 1 rings (SSSR count). The molecule has 98 valence electrons. The third-order valence-corrected chi connectivity index (χ3v) is 3.38. The quantitative estimate of drug-likeness (QED) is 0.407. The Morgan fingerprint density at radius 1 is 1.26 bits per heavy atom. The molecular formula is C17H19NS. The maximum Gasteiger partial charge on any atom is 0.0188 e. The predicted octanol–water partition coefficient (Wildman–Crippen LogP) is 5.26. The summed E-state index contributed by atoms with van der Waals surface area (Å²) in [6.45, 7) is 5.87. The fourth-order valence-electron chi connectivity index (χ4n) is 1.53. The van der Waals surface area contributed by atoms with Crippen LogP contribution in [0.4, 0.5) is 0 Å². The maximum absolute atomic E-state index is 6.95. The third-order valence-electron chi connectivity index (χ3n) is 2.46. The highest BCUT2D eigenvalue weighted by Gasteiger charge is 1.99. The van der Waals surface area contributed by atoms with Crippen molar-refractivity contribution in [1.29, 1.82) is 5.41 Å². The van der Waals surface area contributed by atoms with Gasteiger partial charge in [0.25, 0.3) is 0 Å². The van der Waals surface area contributed by atoms with Crippen molar-refractivity contribution in [2.24, 2.45) is 0 Å². The van der Waals surface area contributed by atoms with Gasteiger partial charge < -0.3 is 5.41 Å². The van der Waals surface area contributed by atoms with Gasteiger partial charge in [0.1, 0.15) is 0 Å². The summed E-state index contributed by atoms with van der Waals surface area (Å²) in [4.78, 5) is 1.20. The predicted molar refractivity (Wildman–Crippen MR) is 88.0 cm³/mol. The van der Waals surface area contributed by atoms with Gasteiger partial charge in [-0.25, -0.2) is 0 Å². The minimum atomic E-state index is 0.843. The summed E-state index contributed by atoms with van der Waals surface area (Å²) in [5, 5.41) is 9.01. The van der Waals surface area contributed by atoms with Gasteiger partial charge in [-0.05, 0) is 42.0 Å². The van der Waals surface area contributed by atoms with Crippen molar-refractivity contribution in [3.8, 4) is 0 Å². The van der Waals surface area contributed by atoms with E-state index in [2.05, 4.69) is 30.2 Å². The van der Waals surface area contributed by atoms with Crippen LogP contribution in [0.15, 0.2) is 65.5 Å². The van der Waals surface area contributed by atoms with Crippen LogP contribution in [0.2, 0.25) is 0 Å². The van der Waals surface area contributed by atoms with Crippen LogP contribution in [-0.2, 0) is 6.42 Å². The van der Waals surface area contributed by atoms with E-state index >= 15 is 0 Å². The van der Waals surface area contributed by atoms with E-state index < -0.39 is 0 Å². The zero-order valence-corrected chi connectivity index (χ0v) is 12.0. The summed E-state index contributed by atoms with van der Waals surface area (Å²) < 4.78 is 0. The highest BCUT2D eigenvalue weighted by atomic mass is 32.2. The highest BCUT2D eigenvalue weighted by molar-refractivity contribution is 8.02. The number of allylic oxidation sites excluding steroid dienone is 5. The molecule has 0 spiro atoms. The average Bonchev–Trinajstić information content (AvgIpc) is 2.44. The molecule has 2 heteroatoms. The molecule has 1 aromatic carbocycles. The fraction of sp³-hybridized carbons (Fsp3) is 0.118. The molecule has 0 aliphatic rings. The zero-order valence-electron chi connectivity index (χ0n) is 11.2. The molecule has 0 aliphatic heterocycles. The second kappa shape index (κ2) is 9.17. The van der Waals surface area contributed by atoms with E-state index in [0.717, 1.165) is 12.0 Å². The van der Waals surface area contributed by atoms with Gasteiger partial charge in [-0.15, -0.1) is 0 Å². The number of rotatable bonds is 7. The van der Waals surface area contributed by atoms with Gasteiger partial charge in [0.2, 0.25) is 0 Å². The molecule has 0 amide bonds. The normalized spacial score (nSPS) is 11.6. The van der Waals surface area contributed by atoms with Crippen molar-refractivity contribution in [3.05, 3.63) is 71.7 Å². The van der Waals surface area contributed by atoms with Gasteiger partial charge in [0, 0.05) is 11.1 Å². The second-order valence-electron chi connectivity index (χ2n) is 3.85. The molecule has 0 radical (unpaired) electrons. The molecular weight excluding hydrogens is 250 g/mol. The number of hydrogen-bond acceptors (Lipinski definition) is 2. The van der Waals surface area contributed by atoms with E-state index in [-0.39, 0.29) is 0 Å². The molecule has 0 saturated carbocycles. The molecule has 0 saturated heterocycles. The first-order valence-electron chi connectivity index (χ1n) is 6.17. The zero-order chi connectivity index (χ0) is 13.9. The number of benzene rings is 1. The van der Waals surface area contributed by atoms with Crippen molar-refractivity contribution < 1.29 is 0 Å². The van der Waals surface area contributed by atoms with Crippen molar-refractivity contribution >= 4 is 24.1 Å². The molecule has 0 atom stereocenters. The van der Waals surface area contributed by atoms with Crippen molar-refractivity contribution in [1.82, 2.24) is 0 Å². The van der Waals surface area contributed by atoms with Crippen molar-refractivity contribution in [3.63, 3.8) is 0 Å². The lowest BCUT2D eigenvalue weighted by molar-refractivity contribution is 1.24. The van der Waals surface area contributed by atoms with Crippen LogP contribution in [0.3, 0.4) is 0 Å². The van der Waals surface area contributed by atoms with E-state index in [1.54, 1.807) is 17.8 Å². The summed E-state index contributed by atoms with van der Waals surface area (Å²) in [7, 11) is 0.